The highest BCUT2D eigenvalue weighted by atomic mass is 32.1. The number of nitrogens with one attached hydrogen (secondary N) is 1. The summed E-state index contributed by atoms with van der Waals surface area (Å²) in [7, 11) is 1.45. The van der Waals surface area contributed by atoms with Crippen LogP contribution in [0, 0.1) is 22.6 Å². The number of hydrogen-bond donors (Lipinski definition) is 1. The van der Waals surface area contributed by atoms with E-state index in [2.05, 4.69) is 16.4 Å². The molecule has 0 bridgehead atoms. The molecular weight excluding hydrogens is 419 g/mol. The van der Waals surface area contributed by atoms with Crippen molar-refractivity contribution in [2.45, 2.75) is 32.1 Å². The predicted molar refractivity (Wildman–Crippen MR) is 116 cm³/mol. The molecule has 31 heavy (non-hydrogen) atoms. The smallest absolute Gasteiger partial charge is 0.186 e. The molecule has 2 aromatic rings. The molecule has 9 heteroatoms. The molecule has 0 aliphatic carbocycles. The summed E-state index contributed by atoms with van der Waals surface area (Å²) in [6.45, 7) is 4.54. The van der Waals surface area contributed by atoms with Crippen LogP contribution >= 0.6 is 11.3 Å². The molecule has 2 saturated heterocycles. The van der Waals surface area contributed by atoms with Crippen molar-refractivity contribution >= 4 is 16.5 Å². The minimum atomic E-state index is -0.400. The Kier molecular flexibility index (Phi) is 7.02. The lowest BCUT2D eigenvalue weighted by Crippen LogP contribution is -2.48. The number of rotatable bonds is 7. The Bertz CT molecular complexity index is 916. The first-order chi connectivity index (χ1) is 15.1. The number of nitrogens with zero attached hydrogens (tertiary/aromatic N) is 3. The number of aromatic nitrogens is 1. The summed E-state index contributed by atoms with van der Waals surface area (Å²) in [5.74, 6) is -0.185. The van der Waals surface area contributed by atoms with E-state index in [0.717, 1.165) is 49.8 Å². The van der Waals surface area contributed by atoms with Crippen LogP contribution < -0.4 is 15.0 Å². The average molecular weight is 447 g/mol. The highest BCUT2D eigenvalue weighted by Crippen LogP contribution is 2.34. The number of ether oxygens (including phenoxy) is 3. The number of benzene rings is 1. The standard InChI is InChI=1S/C22H27FN4O3S/c1-28-19-3-2-16(10-18(19)23)13-27(21-26-12-17(11-24)31-21)9-4-20-29-14-22(15-30-20)5-7-25-8-6-22/h2-3,10,12,20,25H,4-9,13-15H2,1H3. The molecule has 7 nitrogen and oxygen atoms in total. The van der Waals surface area contributed by atoms with E-state index in [1.807, 2.05) is 11.0 Å². The van der Waals surface area contributed by atoms with Crippen molar-refractivity contribution in [1.82, 2.24) is 10.3 Å². The van der Waals surface area contributed by atoms with Gasteiger partial charge in [-0.2, -0.15) is 5.26 Å². The van der Waals surface area contributed by atoms with Gasteiger partial charge in [0, 0.05) is 24.9 Å². The Morgan fingerprint density at radius 1 is 1.35 bits per heavy atom. The highest BCUT2D eigenvalue weighted by Gasteiger charge is 2.38. The van der Waals surface area contributed by atoms with E-state index in [-0.39, 0.29) is 17.5 Å². The van der Waals surface area contributed by atoms with E-state index in [0.29, 0.717) is 24.4 Å². The van der Waals surface area contributed by atoms with E-state index in [9.17, 15) is 4.39 Å². The maximum atomic E-state index is 14.2. The van der Waals surface area contributed by atoms with Crippen molar-refractivity contribution in [2.24, 2.45) is 5.41 Å². The Hall–Kier alpha value is -2.25. The normalized spacial score (nSPS) is 18.6. The van der Waals surface area contributed by atoms with Crippen LogP contribution in [-0.4, -0.2) is 51.2 Å². The molecular formula is C22H27FN4O3S. The molecule has 1 aromatic heterocycles. The molecule has 2 aliphatic rings. The second kappa shape index (κ2) is 9.92. The van der Waals surface area contributed by atoms with Crippen molar-refractivity contribution in [2.75, 3.05) is 44.9 Å². The van der Waals surface area contributed by atoms with Crippen LogP contribution in [0.1, 0.15) is 29.7 Å². The summed E-state index contributed by atoms with van der Waals surface area (Å²) in [6.07, 6.45) is 4.10. The van der Waals surface area contributed by atoms with Gasteiger partial charge in [-0.3, -0.25) is 0 Å². The number of piperidine rings is 1. The van der Waals surface area contributed by atoms with E-state index in [1.165, 1.54) is 24.5 Å². The molecule has 1 spiro atoms. The van der Waals surface area contributed by atoms with E-state index in [4.69, 9.17) is 19.5 Å². The second-order valence-electron chi connectivity index (χ2n) is 8.10. The fraction of sp³-hybridized carbons (Fsp3) is 0.545. The Labute approximate surface area is 185 Å². The Morgan fingerprint density at radius 3 is 2.77 bits per heavy atom. The molecule has 0 atom stereocenters. The number of nitriles is 1. The topological polar surface area (TPSA) is 79.6 Å². The lowest BCUT2D eigenvalue weighted by atomic mass is 9.80. The van der Waals surface area contributed by atoms with Crippen LogP contribution in [0.4, 0.5) is 9.52 Å². The quantitative estimate of drug-likeness (QED) is 0.699. The van der Waals surface area contributed by atoms with Crippen molar-refractivity contribution in [3.8, 4) is 11.8 Å². The minimum Gasteiger partial charge on any atom is -0.494 e. The van der Waals surface area contributed by atoms with Crippen LogP contribution in [0.25, 0.3) is 0 Å². The molecule has 3 heterocycles. The van der Waals surface area contributed by atoms with Gasteiger partial charge < -0.3 is 24.4 Å². The third-order valence-corrected chi connectivity index (χ3v) is 6.88. The van der Waals surface area contributed by atoms with Crippen LogP contribution in [0.5, 0.6) is 5.75 Å². The second-order valence-corrected chi connectivity index (χ2v) is 9.11. The largest absolute Gasteiger partial charge is 0.494 e. The summed E-state index contributed by atoms with van der Waals surface area (Å²) in [4.78, 5) is 6.96. The van der Waals surface area contributed by atoms with Gasteiger partial charge in [-0.1, -0.05) is 17.4 Å². The molecule has 166 valence electrons. The predicted octanol–water partition coefficient (Wildman–Crippen LogP) is 3.30. The fourth-order valence-corrected chi connectivity index (χ4v) is 4.77. The van der Waals surface area contributed by atoms with Crippen molar-refractivity contribution in [1.29, 1.82) is 5.26 Å². The highest BCUT2D eigenvalue weighted by molar-refractivity contribution is 7.16. The zero-order valence-corrected chi connectivity index (χ0v) is 18.4. The lowest BCUT2D eigenvalue weighted by molar-refractivity contribution is -0.235. The lowest BCUT2D eigenvalue weighted by Gasteiger charge is -2.42. The van der Waals surface area contributed by atoms with E-state index < -0.39 is 5.82 Å². The van der Waals surface area contributed by atoms with Crippen LogP contribution in [0.15, 0.2) is 24.4 Å². The van der Waals surface area contributed by atoms with Gasteiger partial charge in [0.15, 0.2) is 23.0 Å². The summed E-state index contributed by atoms with van der Waals surface area (Å²) < 4.78 is 31.3. The Morgan fingerprint density at radius 2 is 2.13 bits per heavy atom. The van der Waals surface area contributed by atoms with Crippen molar-refractivity contribution < 1.29 is 18.6 Å². The first-order valence-electron chi connectivity index (χ1n) is 10.5. The molecule has 0 radical (unpaired) electrons. The van der Waals surface area contributed by atoms with Gasteiger partial charge in [-0.15, -0.1) is 0 Å². The zero-order chi connectivity index (χ0) is 21.7. The molecule has 4 rings (SSSR count). The van der Waals surface area contributed by atoms with Gasteiger partial charge in [0.1, 0.15) is 10.9 Å². The SMILES string of the molecule is COc1ccc(CN(CCC2OCC3(CCNCC3)CO2)c2ncc(C#N)s2)cc1F. The van der Waals surface area contributed by atoms with Gasteiger partial charge in [0.05, 0.1) is 26.5 Å². The van der Waals surface area contributed by atoms with E-state index in [1.54, 1.807) is 12.3 Å². The van der Waals surface area contributed by atoms with Crippen molar-refractivity contribution in [3.05, 3.63) is 40.7 Å². The first kappa shape index (κ1) is 22.0. The number of thiazole rings is 1. The molecule has 1 aromatic carbocycles. The number of halogens is 1. The molecule has 0 amide bonds. The molecule has 1 N–H and O–H groups in total. The van der Waals surface area contributed by atoms with Gasteiger partial charge >= 0.3 is 0 Å². The third kappa shape index (κ3) is 5.33. The zero-order valence-electron chi connectivity index (χ0n) is 17.6. The molecule has 0 unspecified atom stereocenters. The maximum Gasteiger partial charge on any atom is 0.186 e. The van der Waals surface area contributed by atoms with Crippen LogP contribution in [-0.2, 0) is 16.0 Å². The van der Waals surface area contributed by atoms with Crippen LogP contribution in [0.2, 0.25) is 0 Å². The monoisotopic (exact) mass is 446 g/mol. The maximum absolute atomic E-state index is 14.2. The summed E-state index contributed by atoms with van der Waals surface area (Å²) >= 11 is 1.32. The van der Waals surface area contributed by atoms with E-state index >= 15 is 0 Å². The number of anilines is 1. The minimum absolute atomic E-state index is 0.138. The molecule has 2 aliphatic heterocycles. The summed E-state index contributed by atoms with van der Waals surface area (Å²) in [6, 6.07) is 7.06. The van der Waals surface area contributed by atoms with Gasteiger partial charge in [0.2, 0.25) is 0 Å². The number of hydrogen-bond acceptors (Lipinski definition) is 8. The molecule has 0 saturated carbocycles. The van der Waals surface area contributed by atoms with Gasteiger partial charge in [-0.05, 0) is 43.6 Å². The fourth-order valence-electron chi connectivity index (χ4n) is 4.04. The van der Waals surface area contributed by atoms with Gasteiger partial charge in [0.25, 0.3) is 0 Å². The molecule has 2 fully saturated rings. The van der Waals surface area contributed by atoms with Crippen molar-refractivity contribution in [3.63, 3.8) is 0 Å². The van der Waals surface area contributed by atoms with Crippen LogP contribution in [0.3, 0.4) is 0 Å². The van der Waals surface area contributed by atoms with Gasteiger partial charge in [-0.25, -0.2) is 9.37 Å². The summed E-state index contributed by atoms with van der Waals surface area (Å²) in [5.41, 5.74) is 0.935. The Balaban J connectivity index is 1.40. The first-order valence-corrected chi connectivity index (χ1v) is 11.3. The summed E-state index contributed by atoms with van der Waals surface area (Å²) in [5, 5.41) is 13.3. The average Bonchev–Trinajstić information content (AvgIpc) is 3.28. The number of methoxy groups -OCH3 is 1. The third-order valence-electron chi connectivity index (χ3n) is 5.91.